The fourth-order valence-electron chi connectivity index (χ4n) is 1.34. The molecule has 0 aromatic carbocycles. The van der Waals surface area contributed by atoms with Crippen LogP contribution in [0.5, 0.6) is 0 Å². The van der Waals surface area contributed by atoms with Crippen molar-refractivity contribution >= 4 is 12.0 Å². The Balaban J connectivity index is 2.63. The Labute approximate surface area is 68.7 Å². The van der Waals surface area contributed by atoms with Crippen molar-refractivity contribution in [1.82, 2.24) is 10.4 Å². The lowest BCUT2D eigenvalue weighted by Crippen LogP contribution is -2.44. The molecule has 68 valence electrons. The van der Waals surface area contributed by atoms with Gasteiger partial charge in [0, 0.05) is 6.54 Å². The summed E-state index contributed by atoms with van der Waals surface area (Å²) in [6.45, 7) is 0.355. The first kappa shape index (κ1) is 8.79. The summed E-state index contributed by atoms with van der Waals surface area (Å²) in [6, 6.07) is -0.729. The average molecular weight is 174 g/mol. The van der Waals surface area contributed by atoms with Crippen LogP contribution in [-0.4, -0.2) is 39.8 Å². The summed E-state index contributed by atoms with van der Waals surface area (Å²) in [5.74, 6) is -0.657. The monoisotopic (exact) mass is 174 g/mol. The summed E-state index contributed by atoms with van der Waals surface area (Å²) in [5.41, 5.74) is 1.45. The second-order valence-corrected chi connectivity index (χ2v) is 2.61. The van der Waals surface area contributed by atoms with E-state index < -0.39 is 18.0 Å². The highest BCUT2D eigenvalue weighted by molar-refractivity contribution is 5.84. The van der Waals surface area contributed by atoms with E-state index in [1.807, 2.05) is 0 Å². The van der Waals surface area contributed by atoms with Crippen LogP contribution in [0.25, 0.3) is 0 Å². The van der Waals surface area contributed by atoms with E-state index in [4.69, 9.17) is 10.3 Å². The van der Waals surface area contributed by atoms with E-state index in [2.05, 4.69) is 0 Å². The second-order valence-electron chi connectivity index (χ2n) is 2.61. The van der Waals surface area contributed by atoms with Crippen molar-refractivity contribution in [3.05, 3.63) is 0 Å². The molecule has 12 heavy (non-hydrogen) atoms. The number of likely N-dealkylation sites (tertiary alicyclic amines) is 1. The smallest absolute Gasteiger partial charge is 0.407 e. The molecule has 2 amide bonds. The lowest BCUT2D eigenvalue weighted by Gasteiger charge is -2.18. The van der Waals surface area contributed by atoms with Gasteiger partial charge in [0.05, 0.1) is 0 Å². The predicted molar refractivity (Wildman–Crippen MR) is 37.7 cm³/mol. The maximum absolute atomic E-state index is 10.9. The molecule has 0 saturated carbocycles. The molecule has 0 aromatic heterocycles. The minimum absolute atomic E-state index is 0.355. The van der Waals surface area contributed by atoms with Gasteiger partial charge < -0.3 is 5.11 Å². The van der Waals surface area contributed by atoms with Crippen molar-refractivity contribution in [2.24, 2.45) is 0 Å². The summed E-state index contributed by atoms with van der Waals surface area (Å²) >= 11 is 0. The second kappa shape index (κ2) is 3.40. The van der Waals surface area contributed by atoms with E-state index in [9.17, 15) is 9.59 Å². The molecule has 1 fully saturated rings. The van der Waals surface area contributed by atoms with Crippen LogP contribution in [0, 0.1) is 0 Å². The molecule has 1 atom stereocenters. The Bertz CT molecular complexity index is 206. The first-order chi connectivity index (χ1) is 5.66. The van der Waals surface area contributed by atoms with Gasteiger partial charge in [-0.3, -0.25) is 14.9 Å². The molecular weight excluding hydrogens is 164 g/mol. The summed E-state index contributed by atoms with van der Waals surface area (Å²) in [7, 11) is 0. The third kappa shape index (κ3) is 1.48. The minimum atomic E-state index is -1.12. The third-order valence-electron chi connectivity index (χ3n) is 1.91. The highest BCUT2D eigenvalue weighted by Crippen LogP contribution is 2.16. The van der Waals surface area contributed by atoms with E-state index in [1.54, 1.807) is 0 Å². The number of carbonyl (C=O) groups excluding carboxylic acids is 1. The maximum Gasteiger partial charge on any atom is 0.407 e. The summed E-state index contributed by atoms with van der Waals surface area (Å²) in [6.07, 6.45) is 0.00407. The summed E-state index contributed by atoms with van der Waals surface area (Å²) in [5, 5.41) is 16.9. The Morgan fingerprint density at radius 3 is 2.67 bits per heavy atom. The lowest BCUT2D eigenvalue weighted by molar-refractivity contribution is -0.133. The zero-order valence-corrected chi connectivity index (χ0v) is 6.36. The normalized spacial score (nSPS) is 22.4. The molecule has 6 heteroatoms. The quantitative estimate of drug-likeness (QED) is 0.374. The molecule has 0 radical (unpaired) electrons. The molecule has 1 saturated heterocycles. The Hall–Kier alpha value is -1.30. The third-order valence-corrected chi connectivity index (χ3v) is 1.91. The Morgan fingerprint density at radius 2 is 2.17 bits per heavy atom. The molecular formula is C6H10N2O4. The van der Waals surface area contributed by atoms with E-state index in [1.165, 1.54) is 5.48 Å². The zero-order chi connectivity index (χ0) is 9.14. The van der Waals surface area contributed by atoms with Gasteiger partial charge in [-0.2, -0.15) is 0 Å². The number of nitrogens with zero attached hydrogens (tertiary/aromatic N) is 1. The minimum Gasteiger partial charge on any atom is -0.465 e. The van der Waals surface area contributed by atoms with Crippen LogP contribution >= 0.6 is 0 Å². The molecule has 1 rings (SSSR count). The van der Waals surface area contributed by atoms with Crippen LogP contribution in [0.2, 0.25) is 0 Å². The Kier molecular flexibility index (Phi) is 2.49. The summed E-state index contributed by atoms with van der Waals surface area (Å²) in [4.78, 5) is 22.4. The van der Waals surface area contributed by atoms with Crippen LogP contribution in [0.3, 0.4) is 0 Å². The van der Waals surface area contributed by atoms with Gasteiger partial charge in [0.25, 0.3) is 5.91 Å². The van der Waals surface area contributed by atoms with E-state index >= 15 is 0 Å². The zero-order valence-electron chi connectivity index (χ0n) is 6.36. The van der Waals surface area contributed by atoms with Crippen molar-refractivity contribution < 1.29 is 19.9 Å². The van der Waals surface area contributed by atoms with Gasteiger partial charge in [0.15, 0.2) is 0 Å². The van der Waals surface area contributed by atoms with Crippen molar-refractivity contribution in [1.29, 1.82) is 0 Å². The van der Waals surface area contributed by atoms with Gasteiger partial charge in [-0.05, 0) is 12.8 Å². The van der Waals surface area contributed by atoms with Crippen molar-refractivity contribution in [3.63, 3.8) is 0 Å². The van der Waals surface area contributed by atoms with E-state index in [-0.39, 0.29) is 0 Å². The van der Waals surface area contributed by atoms with Crippen LogP contribution in [0.15, 0.2) is 0 Å². The number of hydrogen-bond donors (Lipinski definition) is 3. The molecule has 1 heterocycles. The highest BCUT2D eigenvalue weighted by Gasteiger charge is 2.33. The van der Waals surface area contributed by atoms with Crippen molar-refractivity contribution in [2.45, 2.75) is 18.9 Å². The number of amides is 2. The number of carboxylic acid groups (broad SMARTS) is 1. The number of nitrogens with one attached hydrogen (secondary N) is 1. The molecule has 0 aliphatic carbocycles. The topological polar surface area (TPSA) is 89.9 Å². The van der Waals surface area contributed by atoms with E-state index in [0.717, 1.165) is 4.90 Å². The van der Waals surface area contributed by atoms with Crippen LogP contribution < -0.4 is 5.48 Å². The highest BCUT2D eigenvalue weighted by atomic mass is 16.5. The molecule has 0 spiro atoms. The maximum atomic E-state index is 10.9. The average Bonchev–Trinajstić information content (AvgIpc) is 2.50. The predicted octanol–water partition coefficient (Wildman–Crippen LogP) is -0.366. The SMILES string of the molecule is O=C(NO)C1CCCN1C(=O)O. The number of rotatable bonds is 1. The molecule has 0 bridgehead atoms. The molecule has 1 aliphatic rings. The first-order valence-electron chi connectivity index (χ1n) is 3.60. The summed E-state index contributed by atoms with van der Waals surface area (Å²) < 4.78 is 0. The Morgan fingerprint density at radius 1 is 1.50 bits per heavy atom. The van der Waals surface area contributed by atoms with Gasteiger partial charge in [0.1, 0.15) is 6.04 Å². The van der Waals surface area contributed by atoms with Crippen LogP contribution in [-0.2, 0) is 4.79 Å². The lowest BCUT2D eigenvalue weighted by atomic mass is 10.2. The first-order valence-corrected chi connectivity index (χ1v) is 3.60. The fourth-order valence-corrected chi connectivity index (χ4v) is 1.34. The van der Waals surface area contributed by atoms with Gasteiger partial charge in [0.2, 0.25) is 0 Å². The van der Waals surface area contributed by atoms with Gasteiger partial charge in [-0.1, -0.05) is 0 Å². The van der Waals surface area contributed by atoms with Crippen molar-refractivity contribution in [3.8, 4) is 0 Å². The van der Waals surface area contributed by atoms with Gasteiger partial charge >= 0.3 is 6.09 Å². The van der Waals surface area contributed by atoms with Crippen LogP contribution in [0.4, 0.5) is 4.79 Å². The fraction of sp³-hybridized carbons (Fsp3) is 0.667. The van der Waals surface area contributed by atoms with Gasteiger partial charge in [-0.15, -0.1) is 0 Å². The molecule has 1 aliphatic heterocycles. The molecule has 3 N–H and O–H groups in total. The number of hydroxylamine groups is 1. The molecule has 6 nitrogen and oxygen atoms in total. The molecule has 1 unspecified atom stereocenters. The standard InChI is InChI=1S/C6H10N2O4/c9-5(7-12)4-2-1-3-8(4)6(10)11/h4,12H,1-3H2,(H,7,9)(H,10,11). The number of carbonyl (C=O) groups is 2. The largest absolute Gasteiger partial charge is 0.465 e. The van der Waals surface area contributed by atoms with E-state index in [0.29, 0.717) is 19.4 Å². The van der Waals surface area contributed by atoms with Gasteiger partial charge in [-0.25, -0.2) is 10.3 Å². The van der Waals surface area contributed by atoms with Crippen molar-refractivity contribution in [2.75, 3.05) is 6.54 Å². The molecule has 0 aromatic rings. The van der Waals surface area contributed by atoms with Crippen LogP contribution in [0.1, 0.15) is 12.8 Å². The number of hydrogen-bond acceptors (Lipinski definition) is 3.